The number of rotatable bonds is 3. The molecule has 0 saturated carbocycles. The van der Waals surface area contributed by atoms with Crippen LogP contribution in [0, 0.1) is 6.92 Å². The first-order chi connectivity index (χ1) is 7.79. The average molecular weight is 231 g/mol. The van der Waals surface area contributed by atoms with E-state index in [1.54, 1.807) is 18.0 Å². The number of nitrogens with zero attached hydrogens (tertiary/aromatic N) is 1. The number of aliphatic hydroxyl groups is 1. The molecule has 2 aromatic rings. The molecule has 0 saturated heterocycles. The van der Waals surface area contributed by atoms with Gasteiger partial charge in [-0.15, -0.1) is 0 Å². The predicted molar refractivity (Wildman–Crippen MR) is 65.5 cm³/mol. The molecule has 2 nitrogen and oxygen atoms in total. The van der Waals surface area contributed by atoms with Gasteiger partial charge in [0, 0.05) is 11.1 Å². The standard InChI is InChI=1S/C13H13NOS/c1-10-8-11(9-15)5-6-12(10)16-13-4-2-3-7-14-13/h2-8,15H,9H2,1H3. The van der Waals surface area contributed by atoms with E-state index in [9.17, 15) is 0 Å². The lowest BCUT2D eigenvalue weighted by molar-refractivity contribution is 0.281. The van der Waals surface area contributed by atoms with E-state index in [1.807, 2.05) is 43.3 Å². The highest BCUT2D eigenvalue weighted by Crippen LogP contribution is 2.28. The second-order valence-corrected chi connectivity index (χ2v) is 4.59. The highest BCUT2D eigenvalue weighted by Gasteiger charge is 2.02. The molecular weight excluding hydrogens is 218 g/mol. The third kappa shape index (κ3) is 2.62. The monoisotopic (exact) mass is 231 g/mol. The van der Waals surface area contributed by atoms with Gasteiger partial charge in [0.2, 0.25) is 0 Å². The van der Waals surface area contributed by atoms with E-state index in [1.165, 1.54) is 10.5 Å². The lowest BCUT2D eigenvalue weighted by atomic mass is 10.1. The minimum Gasteiger partial charge on any atom is -0.392 e. The van der Waals surface area contributed by atoms with Gasteiger partial charge in [-0.3, -0.25) is 0 Å². The number of aromatic nitrogens is 1. The molecule has 16 heavy (non-hydrogen) atoms. The average Bonchev–Trinajstić information content (AvgIpc) is 2.33. The quantitative estimate of drug-likeness (QED) is 0.881. The Morgan fingerprint density at radius 3 is 2.75 bits per heavy atom. The van der Waals surface area contributed by atoms with Crippen molar-refractivity contribution in [3.05, 3.63) is 53.7 Å². The SMILES string of the molecule is Cc1cc(CO)ccc1Sc1ccccn1. The zero-order valence-electron chi connectivity index (χ0n) is 9.05. The molecule has 1 heterocycles. The van der Waals surface area contributed by atoms with E-state index in [-0.39, 0.29) is 6.61 Å². The van der Waals surface area contributed by atoms with Gasteiger partial charge in [-0.05, 0) is 36.2 Å². The molecule has 3 heteroatoms. The summed E-state index contributed by atoms with van der Waals surface area (Å²) in [6.45, 7) is 2.14. The Balaban J connectivity index is 2.22. The van der Waals surface area contributed by atoms with E-state index in [0.717, 1.165) is 10.6 Å². The highest BCUT2D eigenvalue weighted by atomic mass is 32.2. The van der Waals surface area contributed by atoms with Crippen molar-refractivity contribution >= 4 is 11.8 Å². The molecule has 0 unspecified atom stereocenters. The molecule has 0 bridgehead atoms. The van der Waals surface area contributed by atoms with E-state index < -0.39 is 0 Å². The van der Waals surface area contributed by atoms with Gasteiger partial charge < -0.3 is 5.11 Å². The lowest BCUT2D eigenvalue weighted by Gasteiger charge is -2.06. The van der Waals surface area contributed by atoms with Crippen molar-refractivity contribution < 1.29 is 5.11 Å². The van der Waals surface area contributed by atoms with Crippen LogP contribution in [-0.2, 0) is 6.61 Å². The van der Waals surface area contributed by atoms with Gasteiger partial charge >= 0.3 is 0 Å². The highest BCUT2D eigenvalue weighted by molar-refractivity contribution is 7.99. The van der Waals surface area contributed by atoms with E-state index in [2.05, 4.69) is 4.98 Å². The van der Waals surface area contributed by atoms with Crippen LogP contribution in [0.3, 0.4) is 0 Å². The molecule has 0 amide bonds. The van der Waals surface area contributed by atoms with Gasteiger partial charge in [-0.1, -0.05) is 30.0 Å². The molecule has 0 aliphatic carbocycles. The third-order valence-corrected chi connectivity index (χ3v) is 3.40. The summed E-state index contributed by atoms with van der Waals surface area (Å²) in [5.41, 5.74) is 2.12. The summed E-state index contributed by atoms with van der Waals surface area (Å²) < 4.78 is 0. The summed E-state index contributed by atoms with van der Waals surface area (Å²) in [5.74, 6) is 0. The fourth-order valence-corrected chi connectivity index (χ4v) is 2.29. The molecule has 0 aliphatic heterocycles. The first-order valence-corrected chi connectivity index (χ1v) is 5.90. The van der Waals surface area contributed by atoms with Crippen molar-refractivity contribution in [2.75, 3.05) is 0 Å². The maximum absolute atomic E-state index is 9.02. The molecule has 0 spiro atoms. The van der Waals surface area contributed by atoms with Gasteiger partial charge in [0.1, 0.15) is 5.03 Å². The van der Waals surface area contributed by atoms with Crippen LogP contribution in [0.1, 0.15) is 11.1 Å². The zero-order valence-corrected chi connectivity index (χ0v) is 9.87. The maximum atomic E-state index is 9.02. The fraction of sp³-hybridized carbons (Fsp3) is 0.154. The first kappa shape index (κ1) is 11.2. The summed E-state index contributed by atoms with van der Waals surface area (Å²) in [7, 11) is 0. The van der Waals surface area contributed by atoms with Crippen LogP contribution in [0.4, 0.5) is 0 Å². The lowest BCUT2D eigenvalue weighted by Crippen LogP contribution is -1.87. The van der Waals surface area contributed by atoms with Crippen LogP contribution < -0.4 is 0 Å². The van der Waals surface area contributed by atoms with E-state index in [4.69, 9.17) is 5.11 Å². The summed E-state index contributed by atoms with van der Waals surface area (Å²) in [5, 5.41) is 10.0. The third-order valence-electron chi connectivity index (χ3n) is 2.27. The van der Waals surface area contributed by atoms with Crippen molar-refractivity contribution in [3.8, 4) is 0 Å². The minimum absolute atomic E-state index is 0.0926. The van der Waals surface area contributed by atoms with Crippen LogP contribution in [0.5, 0.6) is 0 Å². The Hall–Kier alpha value is -1.32. The van der Waals surface area contributed by atoms with Crippen LogP contribution in [0.25, 0.3) is 0 Å². The fourth-order valence-electron chi connectivity index (χ4n) is 1.44. The van der Waals surface area contributed by atoms with Gasteiger partial charge in [0.05, 0.1) is 6.61 Å². The molecule has 82 valence electrons. The molecule has 0 radical (unpaired) electrons. The number of aliphatic hydroxyl groups excluding tert-OH is 1. The second-order valence-electron chi connectivity index (χ2n) is 3.53. The van der Waals surface area contributed by atoms with E-state index in [0.29, 0.717) is 0 Å². The van der Waals surface area contributed by atoms with E-state index >= 15 is 0 Å². The first-order valence-electron chi connectivity index (χ1n) is 5.09. The van der Waals surface area contributed by atoms with Crippen molar-refractivity contribution in [2.45, 2.75) is 23.5 Å². The maximum Gasteiger partial charge on any atom is 0.101 e. The van der Waals surface area contributed by atoms with Gasteiger partial charge in [0.15, 0.2) is 0 Å². The Bertz CT molecular complexity index is 471. The minimum atomic E-state index is 0.0926. The van der Waals surface area contributed by atoms with Gasteiger partial charge in [0.25, 0.3) is 0 Å². The van der Waals surface area contributed by atoms with Crippen molar-refractivity contribution in [1.82, 2.24) is 4.98 Å². The van der Waals surface area contributed by atoms with Crippen molar-refractivity contribution in [1.29, 1.82) is 0 Å². The Labute approximate surface area is 99.4 Å². The summed E-state index contributed by atoms with van der Waals surface area (Å²) in [6.07, 6.45) is 1.79. The number of benzene rings is 1. The number of hydrogen-bond acceptors (Lipinski definition) is 3. The van der Waals surface area contributed by atoms with Crippen LogP contribution >= 0.6 is 11.8 Å². The van der Waals surface area contributed by atoms with Gasteiger partial charge in [-0.2, -0.15) is 0 Å². The van der Waals surface area contributed by atoms with Crippen molar-refractivity contribution in [2.24, 2.45) is 0 Å². The second kappa shape index (κ2) is 5.14. The Morgan fingerprint density at radius 1 is 1.25 bits per heavy atom. The normalized spacial score (nSPS) is 10.4. The summed E-state index contributed by atoms with van der Waals surface area (Å²) in [6, 6.07) is 11.9. The molecular formula is C13H13NOS. The molecule has 1 N–H and O–H groups in total. The zero-order chi connectivity index (χ0) is 11.4. The summed E-state index contributed by atoms with van der Waals surface area (Å²) >= 11 is 1.64. The van der Waals surface area contributed by atoms with Crippen LogP contribution in [0.15, 0.2) is 52.5 Å². The Morgan fingerprint density at radius 2 is 2.12 bits per heavy atom. The topological polar surface area (TPSA) is 33.1 Å². The van der Waals surface area contributed by atoms with Gasteiger partial charge in [-0.25, -0.2) is 4.98 Å². The van der Waals surface area contributed by atoms with Crippen LogP contribution in [0.2, 0.25) is 0 Å². The number of hydrogen-bond donors (Lipinski definition) is 1. The Kier molecular flexibility index (Phi) is 3.59. The molecule has 1 aromatic heterocycles. The molecule has 0 atom stereocenters. The largest absolute Gasteiger partial charge is 0.392 e. The molecule has 1 aromatic carbocycles. The van der Waals surface area contributed by atoms with Crippen LogP contribution in [-0.4, -0.2) is 10.1 Å². The molecule has 0 fully saturated rings. The molecule has 0 aliphatic rings. The summed E-state index contributed by atoms with van der Waals surface area (Å²) in [4.78, 5) is 5.45. The number of aryl methyl sites for hydroxylation is 1. The molecule has 2 rings (SSSR count). The number of pyridine rings is 1. The predicted octanol–water partition coefficient (Wildman–Crippen LogP) is 3.03. The smallest absolute Gasteiger partial charge is 0.101 e. The van der Waals surface area contributed by atoms with Crippen molar-refractivity contribution in [3.63, 3.8) is 0 Å².